The molecule has 2 aromatic rings. The molecule has 2 N–H and O–H groups in total. The molecule has 0 aromatic carbocycles. The van der Waals surface area contributed by atoms with Crippen molar-refractivity contribution in [2.24, 2.45) is 0 Å². The van der Waals surface area contributed by atoms with Gasteiger partial charge in [0.05, 0.1) is 18.2 Å². The molecule has 2 aromatic heterocycles. The summed E-state index contributed by atoms with van der Waals surface area (Å²) in [5.74, 6) is 0. The van der Waals surface area contributed by atoms with E-state index < -0.39 is 0 Å². The molecule has 1 atom stereocenters. The molecule has 16 heavy (non-hydrogen) atoms. The second-order valence-electron chi connectivity index (χ2n) is 4.16. The first kappa shape index (κ1) is 11.0. The Labute approximate surface area is 95.1 Å². The van der Waals surface area contributed by atoms with Crippen molar-refractivity contribution in [3.63, 3.8) is 0 Å². The minimum atomic E-state index is 0.401. The van der Waals surface area contributed by atoms with Crippen molar-refractivity contribution in [2.75, 3.05) is 0 Å². The van der Waals surface area contributed by atoms with Crippen molar-refractivity contribution < 1.29 is 4.42 Å². The smallest absolute Gasteiger partial charge is 0.0947 e. The van der Waals surface area contributed by atoms with Gasteiger partial charge >= 0.3 is 0 Å². The highest BCUT2D eigenvalue weighted by Crippen LogP contribution is 2.04. The van der Waals surface area contributed by atoms with Gasteiger partial charge in [-0.1, -0.05) is 0 Å². The zero-order valence-electron chi connectivity index (χ0n) is 9.66. The third kappa shape index (κ3) is 2.97. The van der Waals surface area contributed by atoms with Gasteiger partial charge in [0.2, 0.25) is 0 Å². The summed E-state index contributed by atoms with van der Waals surface area (Å²) in [5, 5.41) is 10.6. The number of hydrogen-bond donors (Lipinski definition) is 2. The van der Waals surface area contributed by atoms with Crippen LogP contribution in [-0.2, 0) is 13.0 Å². The van der Waals surface area contributed by atoms with Crippen molar-refractivity contribution in [3.8, 4) is 0 Å². The molecule has 0 aliphatic rings. The number of hydrogen-bond acceptors (Lipinski definition) is 3. The van der Waals surface area contributed by atoms with Gasteiger partial charge in [-0.15, -0.1) is 0 Å². The number of furan rings is 1. The maximum Gasteiger partial charge on any atom is 0.0947 e. The number of aromatic amines is 1. The summed E-state index contributed by atoms with van der Waals surface area (Å²) in [7, 11) is 0. The largest absolute Gasteiger partial charge is 0.472 e. The molecule has 0 saturated carbocycles. The van der Waals surface area contributed by atoms with Gasteiger partial charge in [-0.25, -0.2) is 0 Å². The molecule has 0 bridgehead atoms. The molecule has 0 radical (unpaired) electrons. The van der Waals surface area contributed by atoms with Crippen molar-refractivity contribution in [2.45, 2.75) is 32.9 Å². The summed E-state index contributed by atoms with van der Waals surface area (Å²) in [6, 6.07) is 4.45. The molecule has 1 unspecified atom stereocenters. The van der Waals surface area contributed by atoms with Gasteiger partial charge in [-0.3, -0.25) is 5.10 Å². The molecule has 4 heteroatoms. The Morgan fingerprint density at radius 3 is 3.06 bits per heavy atom. The standard InChI is InChI=1S/C12H17N3O/c1-9(5-12-6-10(2)14-15-12)13-7-11-3-4-16-8-11/h3-4,6,8-9,13H,5,7H2,1-2H3,(H,14,15). The Bertz CT molecular complexity index is 419. The molecule has 0 aliphatic carbocycles. The number of H-pyrrole nitrogens is 1. The van der Waals surface area contributed by atoms with Gasteiger partial charge in [0.25, 0.3) is 0 Å². The first-order chi connectivity index (χ1) is 7.74. The SMILES string of the molecule is Cc1cc(CC(C)NCc2ccoc2)n[nH]1. The normalized spacial score (nSPS) is 12.9. The highest BCUT2D eigenvalue weighted by Gasteiger charge is 2.05. The molecule has 4 nitrogen and oxygen atoms in total. The minimum absolute atomic E-state index is 0.401. The monoisotopic (exact) mass is 219 g/mol. The Hall–Kier alpha value is -1.55. The molecule has 0 fully saturated rings. The van der Waals surface area contributed by atoms with E-state index in [9.17, 15) is 0 Å². The van der Waals surface area contributed by atoms with Crippen LogP contribution >= 0.6 is 0 Å². The number of aryl methyl sites for hydroxylation is 1. The quantitative estimate of drug-likeness (QED) is 0.809. The summed E-state index contributed by atoms with van der Waals surface area (Å²) < 4.78 is 5.01. The summed E-state index contributed by atoms with van der Waals surface area (Å²) in [6.45, 7) is 5.01. The molecule has 2 rings (SSSR count). The van der Waals surface area contributed by atoms with E-state index in [1.807, 2.05) is 13.0 Å². The topological polar surface area (TPSA) is 53.9 Å². The van der Waals surface area contributed by atoms with Gasteiger partial charge in [-0.05, 0) is 26.0 Å². The molecule has 2 heterocycles. The maximum absolute atomic E-state index is 5.01. The molecule has 0 spiro atoms. The molecular weight excluding hydrogens is 202 g/mol. The third-order valence-electron chi connectivity index (χ3n) is 2.51. The molecule has 0 aliphatic heterocycles. The fraction of sp³-hybridized carbons (Fsp3) is 0.417. The average molecular weight is 219 g/mol. The van der Waals surface area contributed by atoms with Gasteiger partial charge < -0.3 is 9.73 Å². The van der Waals surface area contributed by atoms with E-state index in [1.165, 1.54) is 5.56 Å². The highest BCUT2D eigenvalue weighted by molar-refractivity contribution is 5.08. The van der Waals surface area contributed by atoms with Crippen LogP contribution in [0, 0.1) is 6.92 Å². The number of aromatic nitrogens is 2. The lowest BCUT2D eigenvalue weighted by atomic mass is 10.1. The predicted molar refractivity (Wildman–Crippen MR) is 62.0 cm³/mol. The number of rotatable bonds is 5. The van der Waals surface area contributed by atoms with Crippen molar-refractivity contribution in [3.05, 3.63) is 41.6 Å². The highest BCUT2D eigenvalue weighted by atomic mass is 16.3. The van der Waals surface area contributed by atoms with Gasteiger partial charge in [0.1, 0.15) is 0 Å². The molecule has 86 valence electrons. The van der Waals surface area contributed by atoms with Gasteiger partial charge in [0.15, 0.2) is 0 Å². The third-order valence-corrected chi connectivity index (χ3v) is 2.51. The lowest BCUT2D eigenvalue weighted by Crippen LogP contribution is -2.27. The first-order valence-corrected chi connectivity index (χ1v) is 5.49. The van der Waals surface area contributed by atoms with Crippen molar-refractivity contribution in [1.82, 2.24) is 15.5 Å². The Balaban J connectivity index is 1.78. The summed E-state index contributed by atoms with van der Waals surface area (Å²) in [4.78, 5) is 0. The summed E-state index contributed by atoms with van der Waals surface area (Å²) in [6.07, 6.45) is 4.39. The van der Waals surface area contributed by atoms with Crippen LogP contribution in [0.2, 0.25) is 0 Å². The van der Waals surface area contributed by atoms with E-state index in [1.54, 1.807) is 12.5 Å². The zero-order chi connectivity index (χ0) is 11.4. The fourth-order valence-corrected chi connectivity index (χ4v) is 1.65. The van der Waals surface area contributed by atoms with Gasteiger partial charge in [0, 0.05) is 30.3 Å². The van der Waals surface area contributed by atoms with Crippen LogP contribution < -0.4 is 5.32 Å². The number of nitrogens with zero attached hydrogens (tertiary/aromatic N) is 1. The van der Waals surface area contributed by atoms with E-state index in [-0.39, 0.29) is 0 Å². The molecule has 0 saturated heterocycles. The minimum Gasteiger partial charge on any atom is -0.472 e. The van der Waals surface area contributed by atoms with Crippen LogP contribution in [0.25, 0.3) is 0 Å². The Morgan fingerprint density at radius 1 is 1.56 bits per heavy atom. The summed E-state index contributed by atoms with van der Waals surface area (Å²) >= 11 is 0. The number of nitrogens with one attached hydrogen (secondary N) is 2. The van der Waals surface area contributed by atoms with Gasteiger partial charge in [-0.2, -0.15) is 5.10 Å². The van der Waals surface area contributed by atoms with E-state index in [2.05, 4.69) is 28.5 Å². The van der Waals surface area contributed by atoms with Crippen molar-refractivity contribution >= 4 is 0 Å². The van der Waals surface area contributed by atoms with E-state index in [0.29, 0.717) is 6.04 Å². The Morgan fingerprint density at radius 2 is 2.44 bits per heavy atom. The van der Waals surface area contributed by atoms with Crippen LogP contribution in [0.1, 0.15) is 23.9 Å². The predicted octanol–water partition coefficient (Wildman–Crippen LogP) is 2.03. The van der Waals surface area contributed by atoms with Crippen LogP contribution in [0.3, 0.4) is 0 Å². The zero-order valence-corrected chi connectivity index (χ0v) is 9.66. The van der Waals surface area contributed by atoms with E-state index in [0.717, 1.165) is 24.4 Å². The Kier molecular flexibility index (Phi) is 3.41. The molecule has 0 amide bonds. The van der Waals surface area contributed by atoms with Crippen LogP contribution in [0.5, 0.6) is 0 Å². The van der Waals surface area contributed by atoms with Crippen LogP contribution in [0.15, 0.2) is 29.1 Å². The second kappa shape index (κ2) is 4.99. The first-order valence-electron chi connectivity index (χ1n) is 5.49. The average Bonchev–Trinajstić information content (AvgIpc) is 2.87. The fourth-order valence-electron chi connectivity index (χ4n) is 1.65. The maximum atomic E-state index is 5.01. The molecular formula is C12H17N3O. The lowest BCUT2D eigenvalue weighted by Gasteiger charge is -2.10. The van der Waals surface area contributed by atoms with Crippen molar-refractivity contribution in [1.29, 1.82) is 0 Å². The van der Waals surface area contributed by atoms with E-state index >= 15 is 0 Å². The second-order valence-corrected chi connectivity index (χ2v) is 4.16. The summed E-state index contributed by atoms with van der Waals surface area (Å²) in [5.41, 5.74) is 3.38. The van der Waals surface area contributed by atoms with Crippen LogP contribution in [0.4, 0.5) is 0 Å². The lowest BCUT2D eigenvalue weighted by molar-refractivity contribution is 0.528. The van der Waals surface area contributed by atoms with E-state index in [4.69, 9.17) is 4.42 Å². The van der Waals surface area contributed by atoms with Crippen LogP contribution in [-0.4, -0.2) is 16.2 Å².